The highest BCUT2D eigenvalue weighted by Crippen LogP contribution is 2.26. The van der Waals surface area contributed by atoms with Crippen LogP contribution in [0.2, 0.25) is 0 Å². The number of benzene rings is 3. The van der Waals surface area contributed by atoms with Crippen molar-refractivity contribution >= 4 is 39.1 Å². The van der Waals surface area contributed by atoms with Gasteiger partial charge in [0.2, 0.25) is 0 Å². The van der Waals surface area contributed by atoms with E-state index in [-0.39, 0.29) is 10.8 Å². The summed E-state index contributed by atoms with van der Waals surface area (Å²) in [6.45, 7) is 3.68. The van der Waals surface area contributed by atoms with Crippen molar-refractivity contribution in [2.45, 2.75) is 23.6 Å². The Balaban J connectivity index is 1.86. The Morgan fingerprint density at radius 2 is 1.59 bits per heavy atom. The van der Waals surface area contributed by atoms with E-state index in [9.17, 15) is 13.2 Å². The Kier molecular flexibility index (Phi) is 6.30. The van der Waals surface area contributed by atoms with Gasteiger partial charge >= 0.3 is 0 Å². The molecular weight excluding hydrogens is 404 g/mol. The fourth-order valence-corrected chi connectivity index (χ4v) is 4.41. The molecule has 0 fully saturated rings. The fourth-order valence-electron chi connectivity index (χ4n) is 2.74. The first-order valence-electron chi connectivity index (χ1n) is 8.94. The lowest BCUT2D eigenvalue weighted by atomic mass is 10.1. The second kappa shape index (κ2) is 8.71. The molecule has 0 atom stereocenters. The number of hydrogen-bond acceptors (Lipinski definition) is 4. The molecule has 7 heteroatoms. The molecule has 29 heavy (non-hydrogen) atoms. The first kappa shape index (κ1) is 21.0. The molecule has 0 aliphatic heterocycles. The van der Waals surface area contributed by atoms with E-state index in [0.29, 0.717) is 16.9 Å². The highest BCUT2D eigenvalue weighted by molar-refractivity contribution is 7.98. The smallest absolute Gasteiger partial charge is 0.261 e. The molecule has 0 spiro atoms. The van der Waals surface area contributed by atoms with Crippen LogP contribution in [0.15, 0.2) is 76.5 Å². The number of amides is 1. The minimum absolute atomic E-state index is 0.172. The predicted molar refractivity (Wildman–Crippen MR) is 119 cm³/mol. The Hall–Kier alpha value is -2.77. The second-order valence-corrected chi connectivity index (χ2v) is 9.13. The van der Waals surface area contributed by atoms with Crippen LogP contribution in [0.5, 0.6) is 0 Å². The van der Waals surface area contributed by atoms with Crippen molar-refractivity contribution in [3.8, 4) is 0 Å². The van der Waals surface area contributed by atoms with E-state index in [1.54, 1.807) is 49.4 Å². The normalized spacial score (nSPS) is 11.1. The summed E-state index contributed by atoms with van der Waals surface area (Å²) >= 11 is 1.54. The van der Waals surface area contributed by atoms with Crippen LogP contribution in [0.25, 0.3) is 0 Å². The molecule has 0 unspecified atom stereocenters. The van der Waals surface area contributed by atoms with Gasteiger partial charge in [-0.25, -0.2) is 8.42 Å². The SMILES string of the molecule is CSc1ccccc1NC(=O)c1ccc(C)c(NS(=O)(=O)c2ccc(C)cc2)c1. The maximum atomic E-state index is 12.7. The molecule has 5 nitrogen and oxygen atoms in total. The first-order valence-corrected chi connectivity index (χ1v) is 11.7. The maximum Gasteiger partial charge on any atom is 0.261 e. The van der Waals surface area contributed by atoms with E-state index < -0.39 is 10.0 Å². The standard InChI is InChI=1S/C22H22N2O3S2/c1-15-8-12-18(13-9-15)29(26,27)24-20-14-17(11-10-16(20)2)22(25)23-19-6-4-5-7-21(19)28-3/h4-14,24H,1-3H3,(H,23,25). The molecule has 3 aromatic rings. The van der Waals surface area contributed by atoms with Gasteiger partial charge in [-0.05, 0) is 62.1 Å². The fraction of sp³-hybridized carbons (Fsp3) is 0.136. The van der Waals surface area contributed by atoms with Crippen molar-refractivity contribution in [3.05, 3.63) is 83.4 Å². The van der Waals surface area contributed by atoms with Gasteiger partial charge in [0.1, 0.15) is 0 Å². The molecule has 0 saturated carbocycles. The largest absolute Gasteiger partial charge is 0.321 e. The highest BCUT2D eigenvalue weighted by Gasteiger charge is 2.17. The van der Waals surface area contributed by atoms with Gasteiger partial charge in [0.15, 0.2) is 0 Å². The lowest BCUT2D eigenvalue weighted by Crippen LogP contribution is -2.16. The summed E-state index contributed by atoms with van der Waals surface area (Å²) in [7, 11) is -3.75. The summed E-state index contributed by atoms with van der Waals surface area (Å²) < 4.78 is 28.0. The minimum atomic E-state index is -3.75. The van der Waals surface area contributed by atoms with E-state index in [1.807, 2.05) is 37.4 Å². The Morgan fingerprint density at radius 3 is 2.28 bits per heavy atom. The van der Waals surface area contributed by atoms with Crippen LogP contribution in [0.3, 0.4) is 0 Å². The van der Waals surface area contributed by atoms with Gasteiger partial charge in [-0.3, -0.25) is 9.52 Å². The Morgan fingerprint density at radius 1 is 0.897 bits per heavy atom. The van der Waals surface area contributed by atoms with E-state index in [2.05, 4.69) is 10.0 Å². The quantitative estimate of drug-likeness (QED) is 0.539. The van der Waals surface area contributed by atoms with Gasteiger partial charge in [0.25, 0.3) is 15.9 Å². The number of aryl methyl sites for hydroxylation is 2. The van der Waals surface area contributed by atoms with Crippen molar-refractivity contribution in [2.24, 2.45) is 0 Å². The third kappa shape index (κ3) is 4.99. The molecule has 150 valence electrons. The van der Waals surface area contributed by atoms with Crippen molar-refractivity contribution in [1.82, 2.24) is 0 Å². The molecule has 0 aliphatic carbocycles. The van der Waals surface area contributed by atoms with Crippen LogP contribution in [-0.4, -0.2) is 20.6 Å². The number of carbonyl (C=O) groups excluding carboxylic acids is 1. The molecular formula is C22H22N2O3S2. The molecule has 0 heterocycles. The zero-order valence-corrected chi connectivity index (χ0v) is 18.0. The molecule has 0 aromatic heterocycles. The van der Waals surface area contributed by atoms with Crippen molar-refractivity contribution < 1.29 is 13.2 Å². The van der Waals surface area contributed by atoms with Crippen molar-refractivity contribution in [3.63, 3.8) is 0 Å². The van der Waals surface area contributed by atoms with Gasteiger partial charge in [-0.1, -0.05) is 35.9 Å². The van der Waals surface area contributed by atoms with Gasteiger partial charge in [0.05, 0.1) is 16.3 Å². The van der Waals surface area contributed by atoms with Crippen LogP contribution in [0.4, 0.5) is 11.4 Å². The third-order valence-electron chi connectivity index (χ3n) is 4.43. The number of sulfonamides is 1. The molecule has 0 bridgehead atoms. The predicted octanol–water partition coefficient (Wildman–Crippen LogP) is 5.08. The van der Waals surface area contributed by atoms with Crippen molar-refractivity contribution in [2.75, 3.05) is 16.3 Å². The third-order valence-corrected chi connectivity index (χ3v) is 6.61. The molecule has 0 aliphatic rings. The average Bonchev–Trinajstić information content (AvgIpc) is 2.70. The van der Waals surface area contributed by atoms with Crippen LogP contribution in [0.1, 0.15) is 21.5 Å². The molecule has 3 rings (SSSR count). The number of rotatable bonds is 6. The molecule has 0 radical (unpaired) electrons. The zero-order chi connectivity index (χ0) is 21.0. The molecule has 0 saturated heterocycles. The van der Waals surface area contributed by atoms with E-state index >= 15 is 0 Å². The minimum Gasteiger partial charge on any atom is -0.321 e. The summed E-state index contributed by atoms with van der Waals surface area (Å²) in [6.07, 6.45) is 1.94. The number of nitrogens with one attached hydrogen (secondary N) is 2. The number of para-hydroxylation sites is 1. The zero-order valence-electron chi connectivity index (χ0n) is 16.4. The number of anilines is 2. The average molecular weight is 427 g/mol. The van der Waals surface area contributed by atoms with Crippen LogP contribution < -0.4 is 10.0 Å². The van der Waals surface area contributed by atoms with E-state index in [0.717, 1.165) is 16.0 Å². The summed E-state index contributed by atoms with van der Waals surface area (Å²) in [5.74, 6) is -0.303. The molecule has 3 aromatic carbocycles. The lowest BCUT2D eigenvalue weighted by molar-refractivity contribution is 0.102. The second-order valence-electron chi connectivity index (χ2n) is 6.60. The number of hydrogen-bond donors (Lipinski definition) is 2. The van der Waals surface area contributed by atoms with Gasteiger partial charge in [-0.2, -0.15) is 0 Å². The van der Waals surface area contributed by atoms with E-state index in [1.165, 1.54) is 11.8 Å². The topological polar surface area (TPSA) is 75.3 Å². The summed E-state index contributed by atoms with van der Waals surface area (Å²) in [6, 6.07) is 19.1. The maximum absolute atomic E-state index is 12.7. The van der Waals surface area contributed by atoms with Crippen LogP contribution in [0, 0.1) is 13.8 Å². The summed E-state index contributed by atoms with van der Waals surface area (Å²) in [5, 5.41) is 2.89. The van der Waals surface area contributed by atoms with E-state index in [4.69, 9.17) is 0 Å². The number of thioether (sulfide) groups is 1. The van der Waals surface area contributed by atoms with Gasteiger partial charge in [-0.15, -0.1) is 11.8 Å². The molecule has 1 amide bonds. The Labute approximate surface area is 175 Å². The summed E-state index contributed by atoms with van der Waals surface area (Å²) in [4.78, 5) is 13.8. The lowest BCUT2D eigenvalue weighted by Gasteiger charge is -2.13. The Bertz CT molecular complexity index is 1140. The monoisotopic (exact) mass is 426 g/mol. The van der Waals surface area contributed by atoms with Crippen LogP contribution in [-0.2, 0) is 10.0 Å². The summed E-state index contributed by atoms with van der Waals surface area (Å²) in [5.41, 5.74) is 3.16. The highest BCUT2D eigenvalue weighted by atomic mass is 32.2. The number of carbonyl (C=O) groups is 1. The first-order chi connectivity index (χ1) is 13.8. The van der Waals surface area contributed by atoms with Crippen molar-refractivity contribution in [1.29, 1.82) is 0 Å². The van der Waals surface area contributed by atoms with Gasteiger partial charge < -0.3 is 5.32 Å². The van der Waals surface area contributed by atoms with Crippen LogP contribution >= 0.6 is 11.8 Å². The van der Waals surface area contributed by atoms with Gasteiger partial charge in [0, 0.05) is 10.5 Å². The molecule has 2 N–H and O–H groups in total.